The number of ether oxygens (including phenoxy) is 1. The molecule has 1 aromatic carbocycles. The molecule has 0 bridgehead atoms. The highest BCUT2D eigenvalue weighted by molar-refractivity contribution is 6.26. The number of hydroxylamine groups is 2. The Labute approximate surface area is 332 Å². The summed E-state index contributed by atoms with van der Waals surface area (Å²) in [6.45, 7) is 24.8. The average molecular weight is 802 g/mol. The molecule has 1 aromatic rings. The van der Waals surface area contributed by atoms with Crippen molar-refractivity contribution < 1.29 is 41.9 Å². The topological polar surface area (TPSA) is 94.5 Å². The van der Waals surface area contributed by atoms with Gasteiger partial charge in [-0.15, -0.1) is 0 Å². The summed E-state index contributed by atoms with van der Waals surface area (Å²) in [4.78, 5) is 35.1. The molecule has 55 heavy (non-hydrogen) atoms. The Morgan fingerprint density at radius 3 is 2.27 bits per heavy atom. The number of Topliss-reactive ketones (excluding diaryl/α,β-unsaturated/α-hetero) is 1. The van der Waals surface area contributed by atoms with E-state index in [1.807, 2.05) is 77.4 Å². The van der Waals surface area contributed by atoms with Crippen molar-refractivity contribution in [3.05, 3.63) is 53.6 Å². The van der Waals surface area contributed by atoms with Crippen LogP contribution >= 0.6 is 0 Å². The van der Waals surface area contributed by atoms with Crippen LogP contribution in [-0.4, -0.2) is 89.4 Å². The van der Waals surface area contributed by atoms with E-state index >= 15 is 13.6 Å². The van der Waals surface area contributed by atoms with Gasteiger partial charge in [-0.3, -0.25) is 14.4 Å². The van der Waals surface area contributed by atoms with Gasteiger partial charge in [0.1, 0.15) is 34.1 Å². The number of ketones is 2. The summed E-state index contributed by atoms with van der Waals surface area (Å²) in [5, 5.41) is 14.0. The maximum absolute atomic E-state index is 18.1. The van der Waals surface area contributed by atoms with Crippen molar-refractivity contribution in [1.82, 2.24) is 5.06 Å². The lowest BCUT2D eigenvalue weighted by atomic mass is 9.44. The fraction of sp³-hybridized carbons (Fsp3) is 0.721. The highest BCUT2D eigenvalue weighted by Crippen LogP contribution is 2.73. The number of fused-ring (bicyclic) bond motifs is 7. The largest absolute Gasteiger partial charge is 0.488 e. The summed E-state index contributed by atoms with van der Waals surface area (Å²) >= 11 is 0. The molecule has 1 N–H and O–H groups in total. The Hall–Kier alpha value is -2.07. The van der Waals surface area contributed by atoms with Crippen LogP contribution in [0.3, 0.4) is 0 Å². The maximum atomic E-state index is 18.1. The van der Waals surface area contributed by atoms with Gasteiger partial charge < -0.3 is 18.7 Å². The number of allylic oxidation sites excluding steroid dienone is 4. The van der Waals surface area contributed by atoms with Gasteiger partial charge in [0.15, 0.2) is 32.6 Å². The molecule has 5 aliphatic rings. The summed E-state index contributed by atoms with van der Waals surface area (Å²) in [7, 11) is -0.499. The van der Waals surface area contributed by atoms with E-state index in [2.05, 4.69) is 27.7 Å². The van der Waals surface area contributed by atoms with E-state index < -0.39 is 72.6 Å². The molecule has 12 atom stereocenters. The first-order valence-corrected chi connectivity index (χ1v) is 23.0. The van der Waals surface area contributed by atoms with Gasteiger partial charge in [-0.25, -0.2) is 8.78 Å². The number of nitrogens with zero attached hydrogens (tertiary/aromatic N) is 1. The number of halogens is 2. The number of carbonyl (C=O) groups excluding carboxylic acids is 2. The molecule has 0 radical (unpaired) electrons. The van der Waals surface area contributed by atoms with Crippen LogP contribution in [0, 0.1) is 39.4 Å². The molecule has 12 heteroatoms. The number of aliphatic hydroxyl groups excluding tert-OH is 1. The lowest BCUT2D eigenvalue weighted by Crippen LogP contribution is -2.72. The van der Waals surface area contributed by atoms with Crippen LogP contribution in [0.15, 0.2) is 48.1 Å². The normalized spacial score (nSPS) is 39.1. The smallest absolute Gasteiger partial charge is 0.198 e. The predicted molar refractivity (Wildman–Crippen MR) is 216 cm³/mol. The number of aliphatic hydroxyl groups is 1. The van der Waals surface area contributed by atoms with Gasteiger partial charge in [-0.2, -0.15) is 5.06 Å². The quantitative estimate of drug-likeness (QED) is 0.284. The van der Waals surface area contributed by atoms with Crippen LogP contribution in [0.2, 0.25) is 6.55 Å². The zero-order chi connectivity index (χ0) is 40.9. The molecule has 0 spiro atoms. The molecular weight excluding hydrogens is 737 g/mol. The summed E-state index contributed by atoms with van der Waals surface area (Å²) in [6, 6.07) is 7.88. The minimum absolute atomic E-state index is 0.0617. The van der Waals surface area contributed by atoms with Crippen molar-refractivity contribution in [3.63, 3.8) is 0 Å². The molecular formula is C43H65F2NO7Si2. The summed E-state index contributed by atoms with van der Waals surface area (Å²) < 4.78 is 53.4. The second kappa shape index (κ2) is 13.8. The highest BCUT2D eigenvalue weighted by Gasteiger charge is 2.81. The van der Waals surface area contributed by atoms with Crippen molar-refractivity contribution >= 4 is 31.8 Å². The molecule has 1 saturated heterocycles. The molecule has 0 aromatic heterocycles. The molecule has 1 heterocycles. The van der Waals surface area contributed by atoms with Gasteiger partial charge in [-0.05, 0) is 99.1 Å². The third kappa shape index (κ3) is 6.00. The van der Waals surface area contributed by atoms with Crippen LogP contribution in [0.25, 0.3) is 0 Å². The minimum Gasteiger partial charge on any atom is -0.488 e. The Morgan fingerprint density at radius 1 is 1.07 bits per heavy atom. The molecule has 4 fully saturated rings. The van der Waals surface area contributed by atoms with Gasteiger partial charge in [0.2, 0.25) is 0 Å². The number of hydrogen-bond donors (Lipinski definition) is 1. The van der Waals surface area contributed by atoms with Crippen molar-refractivity contribution in [2.75, 3.05) is 6.54 Å². The maximum Gasteiger partial charge on any atom is 0.198 e. The zero-order valence-corrected chi connectivity index (χ0v) is 38.8. The van der Waals surface area contributed by atoms with Gasteiger partial charge in [-0.1, -0.05) is 73.2 Å². The second-order valence-corrected chi connectivity index (χ2v) is 21.2. The van der Waals surface area contributed by atoms with E-state index in [4.69, 9.17) is 18.4 Å². The zero-order valence-electron chi connectivity index (χ0n) is 35.3. The fourth-order valence-corrected chi connectivity index (χ4v) is 13.4. The van der Waals surface area contributed by atoms with Crippen LogP contribution < -0.4 is 4.74 Å². The summed E-state index contributed by atoms with van der Waals surface area (Å²) in [5.74, 6) is -1.61. The monoisotopic (exact) mass is 801 g/mol. The van der Waals surface area contributed by atoms with E-state index in [9.17, 15) is 9.90 Å². The highest BCUT2D eigenvalue weighted by atomic mass is 28.2. The van der Waals surface area contributed by atoms with Crippen LogP contribution in [0.5, 0.6) is 5.75 Å². The Kier molecular flexibility index (Phi) is 10.6. The first kappa shape index (κ1) is 42.5. The number of carbonyl (C=O) groups is 2. The van der Waals surface area contributed by atoms with Gasteiger partial charge in [0.05, 0.1) is 11.7 Å². The molecule has 3 unspecified atom stereocenters. The third-order valence-corrected chi connectivity index (χ3v) is 17.3. The van der Waals surface area contributed by atoms with Crippen LogP contribution in [-0.2, 0) is 29.8 Å². The van der Waals surface area contributed by atoms with Crippen LogP contribution in [0.1, 0.15) is 101 Å². The molecule has 306 valence electrons. The fourth-order valence-electron chi connectivity index (χ4n) is 11.3. The Morgan fingerprint density at radius 2 is 1.71 bits per heavy atom. The van der Waals surface area contributed by atoms with E-state index in [0.717, 1.165) is 11.3 Å². The second-order valence-electron chi connectivity index (χ2n) is 20.0. The van der Waals surface area contributed by atoms with Gasteiger partial charge >= 0.3 is 0 Å². The van der Waals surface area contributed by atoms with Crippen molar-refractivity contribution in [2.45, 2.75) is 149 Å². The van der Waals surface area contributed by atoms with Gasteiger partial charge in [0, 0.05) is 35.8 Å². The molecule has 4 aliphatic carbocycles. The van der Waals surface area contributed by atoms with E-state index in [0.29, 0.717) is 30.0 Å². The van der Waals surface area contributed by atoms with Crippen LogP contribution in [0.4, 0.5) is 8.78 Å². The predicted octanol–water partition coefficient (Wildman–Crippen LogP) is 6.11. The molecule has 6 rings (SSSR count). The Bertz CT molecular complexity index is 1740. The minimum atomic E-state index is -2.25. The molecule has 3 saturated carbocycles. The van der Waals surface area contributed by atoms with E-state index in [1.165, 1.54) is 18.2 Å². The number of benzene rings is 1. The standard InChI is InChI=1S/C43H65F2NO7Si2/c1-25(40(10,52-54)36(2,3)4)50-29-15-13-26(14-16-29)23-46-24-27-19-30-31-21-33(44)32-20-28(47)17-18-38(32,8)42(31,45)34(48)22-39(30,9)43(27,51-46)35(49)41(11,53-55-12)37(5,6)7/h13-18,20,25,27,30-31,33-34,48H,19,21-24,55H2,1-12,54H3/t25?,27-,30-,31-,33-,34-,38-,39-,40?,41?,42-,43-/m0/s1. The van der Waals surface area contributed by atoms with E-state index in [1.54, 1.807) is 6.92 Å². The average Bonchev–Trinajstić information content (AvgIpc) is 3.57. The van der Waals surface area contributed by atoms with Crippen molar-refractivity contribution in [2.24, 2.45) is 39.4 Å². The summed E-state index contributed by atoms with van der Waals surface area (Å²) in [5.41, 5.74) is -7.69. The lowest BCUT2D eigenvalue weighted by Gasteiger charge is -2.63. The SMILES string of the molecule is C[SiH2]OC(C)(C(=O)[C@@]12ON(Cc3ccc(OC(C)C(C)(O[SiH3])C(C)(C)C)cc3)C[C@@H]1C[C@H]1[C@@H]3C[C@H](F)C4=CC(=O)C=C[C@]4(C)[C@@]3(F)[C@@H](O)C[C@@]12C)C(C)(C)C. The van der Waals surface area contributed by atoms with Crippen molar-refractivity contribution in [3.8, 4) is 5.75 Å². The molecule has 8 nitrogen and oxygen atoms in total. The van der Waals surface area contributed by atoms with E-state index in [-0.39, 0.29) is 47.4 Å². The third-order valence-electron chi connectivity index (χ3n) is 15.6. The number of alkyl halides is 2. The Balaban J connectivity index is 1.35. The first-order valence-electron chi connectivity index (χ1n) is 20.2. The number of hydrogen-bond acceptors (Lipinski definition) is 8. The lowest BCUT2D eigenvalue weighted by molar-refractivity contribution is -0.274. The molecule has 1 aliphatic heterocycles. The number of rotatable bonds is 10. The van der Waals surface area contributed by atoms with Crippen molar-refractivity contribution in [1.29, 1.82) is 0 Å². The summed E-state index contributed by atoms with van der Waals surface area (Å²) in [6.07, 6.45) is 0.839. The molecule has 0 amide bonds. The first-order chi connectivity index (χ1) is 25.3. The van der Waals surface area contributed by atoms with Gasteiger partial charge in [0.25, 0.3) is 0 Å².